The molecular formula is C15H17NO2S. The molecule has 1 aromatic carbocycles. The van der Waals surface area contributed by atoms with Gasteiger partial charge in [-0.25, -0.2) is 8.42 Å². The smallest absolute Gasteiger partial charge is 0.175 e. The fraction of sp³-hybridized carbons (Fsp3) is 0.267. The van der Waals surface area contributed by atoms with Crippen LogP contribution in [0.2, 0.25) is 0 Å². The quantitative estimate of drug-likeness (QED) is 0.863. The van der Waals surface area contributed by atoms with E-state index < -0.39 is 9.84 Å². The van der Waals surface area contributed by atoms with Gasteiger partial charge in [-0.15, -0.1) is 0 Å². The monoisotopic (exact) mass is 275 g/mol. The zero-order chi connectivity index (χ0) is 14.0. The molecule has 0 amide bonds. The Bertz CT molecular complexity index is 674. The highest BCUT2D eigenvalue weighted by atomic mass is 32.2. The molecule has 0 bridgehead atoms. The predicted octanol–water partition coefficient (Wildman–Crippen LogP) is 3.28. The fourth-order valence-corrected chi connectivity index (χ4v) is 2.47. The van der Waals surface area contributed by atoms with E-state index in [4.69, 9.17) is 0 Å². The van der Waals surface area contributed by atoms with Gasteiger partial charge in [0, 0.05) is 18.0 Å². The molecule has 2 aromatic rings. The molecule has 2 rings (SSSR count). The van der Waals surface area contributed by atoms with Crippen LogP contribution < -0.4 is 0 Å². The molecule has 0 aliphatic rings. The van der Waals surface area contributed by atoms with Gasteiger partial charge in [-0.2, -0.15) is 0 Å². The van der Waals surface area contributed by atoms with E-state index in [1.54, 1.807) is 30.5 Å². The summed E-state index contributed by atoms with van der Waals surface area (Å²) < 4.78 is 22.8. The highest BCUT2D eigenvalue weighted by molar-refractivity contribution is 7.90. The lowest BCUT2D eigenvalue weighted by atomic mass is 10.0. The van der Waals surface area contributed by atoms with Crippen molar-refractivity contribution in [1.29, 1.82) is 0 Å². The Morgan fingerprint density at radius 1 is 1.05 bits per heavy atom. The minimum absolute atomic E-state index is 0.330. The molecule has 0 saturated heterocycles. The molecule has 0 radical (unpaired) electrons. The molecule has 1 heterocycles. The Hall–Kier alpha value is -1.68. The van der Waals surface area contributed by atoms with Crippen LogP contribution in [0.4, 0.5) is 0 Å². The van der Waals surface area contributed by atoms with E-state index in [0.717, 1.165) is 11.3 Å². The highest BCUT2D eigenvalue weighted by Crippen LogP contribution is 2.23. The lowest BCUT2D eigenvalue weighted by molar-refractivity contribution is 0.602. The summed E-state index contributed by atoms with van der Waals surface area (Å²) in [5.74, 6) is 0.442. The average Bonchev–Trinajstić information content (AvgIpc) is 2.38. The van der Waals surface area contributed by atoms with E-state index in [2.05, 4.69) is 18.8 Å². The van der Waals surface area contributed by atoms with E-state index in [9.17, 15) is 8.42 Å². The number of rotatable bonds is 3. The summed E-state index contributed by atoms with van der Waals surface area (Å²) in [5, 5.41) is 0. The van der Waals surface area contributed by atoms with Crippen LogP contribution in [0.25, 0.3) is 11.3 Å². The Morgan fingerprint density at radius 2 is 1.68 bits per heavy atom. The summed E-state index contributed by atoms with van der Waals surface area (Å²) in [4.78, 5) is 4.66. The van der Waals surface area contributed by atoms with Crippen LogP contribution in [-0.2, 0) is 9.84 Å². The van der Waals surface area contributed by atoms with Gasteiger partial charge in [-0.1, -0.05) is 26.0 Å². The summed E-state index contributed by atoms with van der Waals surface area (Å²) in [5.41, 5.74) is 3.01. The first-order valence-electron chi connectivity index (χ1n) is 6.14. The predicted molar refractivity (Wildman–Crippen MR) is 76.9 cm³/mol. The Kier molecular flexibility index (Phi) is 3.71. The van der Waals surface area contributed by atoms with Gasteiger partial charge in [0.1, 0.15) is 0 Å². The van der Waals surface area contributed by atoms with Crippen molar-refractivity contribution >= 4 is 9.84 Å². The molecule has 4 heteroatoms. The van der Waals surface area contributed by atoms with E-state index in [-0.39, 0.29) is 0 Å². The van der Waals surface area contributed by atoms with Gasteiger partial charge in [0.2, 0.25) is 0 Å². The van der Waals surface area contributed by atoms with Gasteiger partial charge >= 0.3 is 0 Å². The van der Waals surface area contributed by atoms with E-state index in [1.165, 1.54) is 11.8 Å². The normalized spacial score (nSPS) is 11.8. The van der Waals surface area contributed by atoms with Crippen LogP contribution in [0, 0.1) is 0 Å². The van der Waals surface area contributed by atoms with Crippen LogP contribution in [0.1, 0.15) is 25.3 Å². The van der Waals surface area contributed by atoms with Gasteiger partial charge in [-0.3, -0.25) is 4.98 Å². The zero-order valence-electron chi connectivity index (χ0n) is 11.3. The third-order valence-electron chi connectivity index (χ3n) is 3.03. The van der Waals surface area contributed by atoms with Crippen molar-refractivity contribution in [2.45, 2.75) is 24.7 Å². The van der Waals surface area contributed by atoms with Crippen LogP contribution >= 0.6 is 0 Å². The molecule has 0 aliphatic heterocycles. The number of sulfone groups is 1. The van der Waals surface area contributed by atoms with Crippen molar-refractivity contribution in [2.24, 2.45) is 0 Å². The van der Waals surface area contributed by atoms with Gasteiger partial charge in [-0.05, 0) is 35.7 Å². The first-order chi connectivity index (χ1) is 8.88. The van der Waals surface area contributed by atoms with Crippen LogP contribution in [-0.4, -0.2) is 19.7 Å². The van der Waals surface area contributed by atoms with Crippen molar-refractivity contribution < 1.29 is 8.42 Å². The molecule has 0 fully saturated rings. The number of hydrogen-bond acceptors (Lipinski definition) is 3. The summed E-state index contributed by atoms with van der Waals surface area (Å²) in [6.45, 7) is 4.26. The molecule has 3 nitrogen and oxygen atoms in total. The van der Waals surface area contributed by atoms with Crippen molar-refractivity contribution in [3.63, 3.8) is 0 Å². The molecule has 0 aliphatic carbocycles. The number of benzene rings is 1. The number of nitrogens with zero attached hydrogens (tertiary/aromatic N) is 1. The van der Waals surface area contributed by atoms with Gasteiger partial charge in [0.05, 0.1) is 10.6 Å². The van der Waals surface area contributed by atoms with Crippen molar-refractivity contribution in [1.82, 2.24) is 4.98 Å². The molecule has 100 valence electrons. The molecule has 19 heavy (non-hydrogen) atoms. The average molecular weight is 275 g/mol. The summed E-state index contributed by atoms with van der Waals surface area (Å²) in [6.07, 6.45) is 2.99. The fourth-order valence-electron chi connectivity index (χ4n) is 1.84. The van der Waals surface area contributed by atoms with E-state index >= 15 is 0 Å². The largest absolute Gasteiger partial charge is 0.256 e. The Balaban J connectivity index is 2.40. The van der Waals surface area contributed by atoms with Gasteiger partial charge < -0.3 is 0 Å². The zero-order valence-corrected chi connectivity index (χ0v) is 12.1. The van der Waals surface area contributed by atoms with Gasteiger partial charge in [0.25, 0.3) is 0 Å². The number of pyridine rings is 1. The molecule has 0 spiro atoms. The van der Waals surface area contributed by atoms with Crippen LogP contribution in [0.3, 0.4) is 0 Å². The Labute approximate surface area is 114 Å². The second kappa shape index (κ2) is 5.13. The topological polar surface area (TPSA) is 47.0 Å². The molecule has 0 unspecified atom stereocenters. The standard InChI is InChI=1S/C15H17NO2S/c1-11(2)13-8-9-16-15(10-13)12-4-6-14(7-5-12)19(3,17)18/h4-11H,1-3H3. The second-order valence-corrected chi connectivity index (χ2v) is 6.94. The maximum absolute atomic E-state index is 11.4. The maximum Gasteiger partial charge on any atom is 0.175 e. The molecule has 1 aromatic heterocycles. The number of aromatic nitrogens is 1. The lowest BCUT2D eigenvalue weighted by Gasteiger charge is -2.08. The molecular weight excluding hydrogens is 258 g/mol. The van der Waals surface area contributed by atoms with E-state index in [1.807, 2.05) is 12.1 Å². The minimum Gasteiger partial charge on any atom is -0.256 e. The van der Waals surface area contributed by atoms with Crippen molar-refractivity contribution in [3.8, 4) is 11.3 Å². The second-order valence-electron chi connectivity index (χ2n) is 4.93. The molecule has 0 N–H and O–H groups in total. The van der Waals surface area contributed by atoms with Crippen LogP contribution in [0.5, 0.6) is 0 Å². The molecule has 0 saturated carbocycles. The first kappa shape index (κ1) is 13.7. The third kappa shape index (κ3) is 3.20. The highest BCUT2D eigenvalue weighted by Gasteiger charge is 2.08. The summed E-state index contributed by atoms with van der Waals surface area (Å²) >= 11 is 0. The number of hydrogen-bond donors (Lipinski definition) is 0. The van der Waals surface area contributed by atoms with Crippen molar-refractivity contribution in [2.75, 3.05) is 6.26 Å². The lowest BCUT2D eigenvalue weighted by Crippen LogP contribution is -1.96. The third-order valence-corrected chi connectivity index (χ3v) is 4.16. The van der Waals surface area contributed by atoms with Gasteiger partial charge in [0.15, 0.2) is 9.84 Å². The minimum atomic E-state index is -3.14. The Morgan fingerprint density at radius 3 is 2.21 bits per heavy atom. The summed E-state index contributed by atoms with van der Waals surface area (Å²) in [7, 11) is -3.14. The summed E-state index contributed by atoms with van der Waals surface area (Å²) in [6, 6.07) is 10.9. The SMILES string of the molecule is CC(C)c1ccnc(-c2ccc(S(C)(=O)=O)cc2)c1. The van der Waals surface area contributed by atoms with E-state index in [0.29, 0.717) is 10.8 Å². The maximum atomic E-state index is 11.4. The first-order valence-corrected chi connectivity index (χ1v) is 8.03. The van der Waals surface area contributed by atoms with Crippen LogP contribution in [0.15, 0.2) is 47.5 Å². The van der Waals surface area contributed by atoms with Crippen molar-refractivity contribution in [3.05, 3.63) is 48.2 Å². The molecule has 0 atom stereocenters.